The van der Waals surface area contributed by atoms with Gasteiger partial charge >= 0.3 is 0 Å². The Bertz CT molecular complexity index is 213. The lowest BCUT2D eigenvalue weighted by molar-refractivity contribution is 0.565. The van der Waals surface area contributed by atoms with E-state index in [0.29, 0.717) is 0 Å². The molecule has 0 saturated heterocycles. The van der Waals surface area contributed by atoms with Crippen LogP contribution in [0.3, 0.4) is 0 Å². The van der Waals surface area contributed by atoms with Gasteiger partial charge in [0.15, 0.2) is 6.17 Å². The summed E-state index contributed by atoms with van der Waals surface area (Å²) < 4.78 is 0. The predicted octanol–water partition coefficient (Wildman–Crippen LogP) is -0.519. The Hall–Kier alpha value is -1.32. The number of rotatable bonds is 0. The molecule has 0 bridgehead atoms. The Morgan fingerprint density at radius 3 is 3.00 bits per heavy atom. The first kappa shape index (κ1) is 5.81. The van der Waals surface area contributed by atoms with Crippen LogP contribution < -0.4 is 5.73 Å². The molecule has 1 unspecified atom stereocenters. The summed E-state index contributed by atoms with van der Waals surface area (Å²) in [5, 5.41) is 9.95. The molecule has 5 nitrogen and oxygen atoms in total. The summed E-state index contributed by atoms with van der Waals surface area (Å²) in [4.78, 5) is 9.94. The molecule has 5 heteroatoms. The van der Waals surface area contributed by atoms with Gasteiger partial charge in [0.2, 0.25) is 0 Å². The van der Waals surface area contributed by atoms with Gasteiger partial charge in [-0.05, 0) is 5.22 Å². The molecule has 9 heavy (non-hydrogen) atoms. The molecule has 0 aromatic rings. The van der Waals surface area contributed by atoms with Crippen LogP contribution in [0.25, 0.3) is 0 Å². The summed E-state index contributed by atoms with van der Waals surface area (Å²) >= 11 is 0. The lowest BCUT2D eigenvalue weighted by Crippen LogP contribution is -2.22. The molecule has 0 saturated carbocycles. The molecule has 46 valence electrons. The van der Waals surface area contributed by atoms with Crippen LogP contribution in [-0.2, 0) is 4.79 Å². The average molecular weight is 124 g/mol. The Balaban J connectivity index is 2.90. The van der Waals surface area contributed by atoms with Gasteiger partial charge in [0.25, 0.3) is 0 Å². The Kier molecular flexibility index (Phi) is 1.48. The third kappa shape index (κ3) is 1.07. The standard InChI is InChI=1S/C4H4N4O/c5-4-3(2-9)1-6-8-7-4/h1,4H,5H2. The molecule has 1 rings (SSSR count). The third-order valence-corrected chi connectivity index (χ3v) is 0.861. The monoisotopic (exact) mass is 124 g/mol. The lowest BCUT2D eigenvalue weighted by atomic mass is 10.3. The molecule has 0 spiro atoms. The Morgan fingerprint density at radius 2 is 2.56 bits per heavy atom. The van der Waals surface area contributed by atoms with Crippen LogP contribution in [0, 0.1) is 0 Å². The summed E-state index contributed by atoms with van der Waals surface area (Å²) in [7, 11) is 0. The fourth-order valence-corrected chi connectivity index (χ4v) is 0.399. The van der Waals surface area contributed by atoms with Crippen LogP contribution in [0.1, 0.15) is 0 Å². The molecule has 0 amide bonds. The number of nitrogens with two attached hydrogens (primary N) is 1. The molecule has 0 radical (unpaired) electrons. The van der Waals surface area contributed by atoms with Gasteiger partial charge in [-0.1, -0.05) is 0 Å². The molecule has 2 N–H and O–H groups in total. The first-order valence-electron chi connectivity index (χ1n) is 2.28. The molecule has 0 fully saturated rings. The number of hydrogen-bond acceptors (Lipinski definition) is 5. The lowest BCUT2D eigenvalue weighted by Gasteiger charge is -2.01. The van der Waals surface area contributed by atoms with Crippen molar-refractivity contribution in [2.45, 2.75) is 6.17 Å². The number of carbonyl (C=O) groups excluding carboxylic acids is 1. The van der Waals surface area contributed by atoms with E-state index in [1.165, 1.54) is 6.21 Å². The molecule has 1 aliphatic rings. The van der Waals surface area contributed by atoms with Crippen molar-refractivity contribution in [3.8, 4) is 0 Å². The highest BCUT2D eigenvalue weighted by atomic mass is 16.1. The fraction of sp³-hybridized carbons (Fsp3) is 0.250. The van der Waals surface area contributed by atoms with Crippen molar-refractivity contribution in [2.24, 2.45) is 21.2 Å². The van der Waals surface area contributed by atoms with Crippen LogP contribution in [0.15, 0.2) is 21.0 Å². The summed E-state index contributed by atoms with van der Waals surface area (Å²) in [5.74, 6) is 1.59. The van der Waals surface area contributed by atoms with Crippen LogP contribution in [0.5, 0.6) is 0 Å². The van der Waals surface area contributed by atoms with Gasteiger partial charge in [0, 0.05) is 0 Å². The van der Waals surface area contributed by atoms with E-state index < -0.39 is 6.17 Å². The van der Waals surface area contributed by atoms with Gasteiger partial charge in [-0.15, -0.1) is 10.2 Å². The van der Waals surface area contributed by atoms with Gasteiger partial charge in [-0.25, -0.2) is 4.79 Å². The maximum Gasteiger partial charge on any atom is 0.158 e. The second-order valence-electron chi connectivity index (χ2n) is 1.45. The predicted molar refractivity (Wildman–Crippen MR) is 30.5 cm³/mol. The van der Waals surface area contributed by atoms with E-state index in [2.05, 4.69) is 15.4 Å². The molecular weight excluding hydrogens is 120 g/mol. The summed E-state index contributed by atoms with van der Waals surface area (Å²) in [5.41, 5.74) is 5.47. The molecule has 0 aromatic heterocycles. The molecule has 1 aliphatic heterocycles. The number of hydrogen-bond donors (Lipinski definition) is 1. The average Bonchev–Trinajstić information content (AvgIpc) is 1.89. The highest BCUT2D eigenvalue weighted by Gasteiger charge is 2.08. The fourth-order valence-electron chi connectivity index (χ4n) is 0.399. The second-order valence-corrected chi connectivity index (χ2v) is 1.45. The van der Waals surface area contributed by atoms with E-state index in [9.17, 15) is 4.79 Å². The normalized spacial score (nSPS) is 24.1. The Labute approximate surface area is 51.0 Å². The van der Waals surface area contributed by atoms with Crippen LogP contribution in [-0.4, -0.2) is 18.3 Å². The smallest absolute Gasteiger partial charge is 0.158 e. The number of nitrogens with zero attached hydrogens (tertiary/aromatic N) is 3. The van der Waals surface area contributed by atoms with Crippen LogP contribution in [0.4, 0.5) is 0 Å². The van der Waals surface area contributed by atoms with Crippen molar-refractivity contribution in [1.82, 2.24) is 0 Å². The van der Waals surface area contributed by atoms with Crippen molar-refractivity contribution in [1.29, 1.82) is 0 Å². The van der Waals surface area contributed by atoms with E-state index in [1.807, 2.05) is 0 Å². The minimum atomic E-state index is -0.681. The van der Waals surface area contributed by atoms with E-state index in [-0.39, 0.29) is 5.57 Å². The highest BCUT2D eigenvalue weighted by Crippen LogP contribution is 1.99. The van der Waals surface area contributed by atoms with Gasteiger partial charge < -0.3 is 5.73 Å². The van der Waals surface area contributed by atoms with Crippen molar-refractivity contribution >= 4 is 12.2 Å². The largest absolute Gasteiger partial charge is 0.304 e. The van der Waals surface area contributed by atoms with Gasteiger partial charge in [-0.3, -0.25) is 0 Å². The van der Waals surface area contributed by atoms with E-state index in [0.717, 1.165) is 0 Å². The minimum absolute atomic E-state index is 0.227. The highest BCUT2D eigenvalue weighted by molar-refractivity contribution is 5.90. The van der Waals surface area contributed by atoms with E-state index >= 15 is 0 Å². The third-order valence-electron chi connectivity index (χ3n) is 0.861. The van der Waals surface area contributed by atoms with E-state index in [4.69, 9.17) is 5.73 Å². The van der Waals surface area contributed by atoms with Crippen LogP contribution in [0.2, 0.25) is 0 Å². The molecule has 1 heterocycles. The molecule has 0 aromatic carbocycles. The zero-order valence-corrected chi connectivity index (χ0v) is 4.48. The zero-order chi connectivity index (χ0) is 6.69. The van der Waals surface area contributed by atoms with Crippen molar-refractivity contribution in [3.05, 3.63) is 5.57 Å². The molecule has 0 aliphatic carbocycles. The summed E-state index contributed by atoms with van der Waals surface area (Å²) in [6.45, 7) is 0. The van der Waals surface area contributed by atoms with Gasteiger partial charge in [0.05, 0.1) is 11.8 Å². The topological polar surface area (TPSA) is 80.2 Å². The van der Waals surface area contributed by atoms with E-state index in [1.54, 1.807) is 5.94 Å². The molecule has 1 atom stereocenters. The summed E-state index contributed by atoms with van der Waals surface area (Å²) in [6.07, 6.45) is 0.560. The maximum absolute atomic E-state index is 9.94. The Morgan fingerprint density at radius 1 is 1.78 bits per heavy atom. The van der Waals surface area contributed by atoms with Gasteiger partial charge in [-0.2, -0.15) is 0 Å². The maximum atomic E-state index is 9.94. The minimum Gasteiger partial charge on any atom is -0.304 e. The second kappa shape index (κ2) is 2.30. The zero-order valence-electron chi connectivity index (χ0n) is 4.48. The van der Waals surface area contributed by atoms with Crippen molar-refractivity contribution in [2.75, 3.05) is 0 Å². The van der Waals surface area contributed by atoms with Gasteiger partial charge in [0.1, 0.15) is 5.94 Å². The first-order valence-corrected chi connectivity index (χ1v) is 2.28. The quantitative estimate of drug-likeness (QED) is 0.441. The SMILES string of the molecule is NC1N=NN=CC1=C=O. The van der Waals surface area contributed by atoms with Crippen molar-refractivity contribution in [3.63, 3.8) is 0 Å². The van der Waals surface area contributed by atoms with Crippen LogP contribution >= 0.6 is 0 Å². The molecular formula is C4H4N4O. The first-order chi connectivity index (χ1) is 4.34. The summed E-state index contributed by atoms with van der Waals surface area (Å²) in [6, 6.07) is 0. The van der Waals surface area contributed by atoms with Crippen molar-refractivity contribution < 1.29 is 4.79 Å².